The highest BCUT2D eigenvalue weighted by Gasteiger charge is 2.35. The molecule has 2 rings (SSSR count). The number of hydrogen-bond acceptors (Lipinski definition) is 8. The van der Waals surface area contributed by atoms with Crippen LogP contribution >= 0.6 is 23.5 Å². The Kier molecular flexibility index (Phi) is 16.4. The molecule has 10 nitrogen and oxygen atoms in total. The molecule has 3 unspecified atom stereocenters. The quantitative estimate of drug-likeness (QED) is 0.105. The SMILES string of the molecule is [B]N1C(=O)CC(SCCCCCC(=O)NCCCCC(CC)NC(=O)CCCCCSC2CC(=O)NC2=O)C1=O. The van der Waals surface area contributed by atoms with Crippen LogP contribution in [0.5, 0.6) is 0 Å². The molecular weight excluding hydrogens is 551 g/mol. The van der Waals surface area contributed by atoms with Gasteiger partial charge in [0.1, 0.15) is 0 Å². The van der Waals surface area contributed by atoms with Crippen molar-refractivity contribution in [2.24, 2.45) is 0 Å². The van der Waals surface area contributed by atoms with Gasteiger partial charge in [0.2, 0.25) is 43.4 Å². The molecule has 0 aliphatic carbocycles. The molecular formula is C27H43BN4O6S2. The average molecular weight is 595 g/mol. The van der Waals surface area contributed by atoms with Gasteiger partial charge in [-0.2, -0.15) is 0 Å². The molecule has 2 saturated heterocycles. The summed E-state index contributed by atoms with van der Waals surface area (Å²) in [7, 11) is 5.39. The number of unbranched alkanes of at least 4 members (excludes halogenated alkanes) is 5. The lowest BCUT2D eigenvalue weighted by Gasteiger charge is -2.17. The van der Waals surface area contributed by atoms with E-state index in [9.17, 15) is 28.8 Å². The van der Waals surface area contributed by atoms with E-state index in [2.05, 4.69) is 22.9 Å². The molecule has 2 fully saturated rings. The summed E-state index contributed by atoms with van der Waals surface area (Å²) in [6, 6.07) is 0.139. The first-order valence-electron chi connectivity index (χ1n) is 14.5. The standard InChI is InChI=1S/C27H43BN4O6S2/c1-2-19(30-23(34)13-6-4-9-15-39-20-17-24(35)31-26(20)37)11-7-8-14-29-22(33)12-5-3-10-16-40-21-18-25(36)32(28)27(21)38/h19-21H,2-18H2,1H3,(H,29,33)(H,30,34)(H,31,35,37). The average Bonchev–Trinajstić information content (AvgIpc) is 3.37. The number of carbonyl (C=O) groups is 6. The number of nitrogens with one attached hydrogen (secondary N) is 3. The summed E-state index contributed by atoms with van der Waals surface area (Å²) in [4.78, 5) is 71.0. The van der Waals surface area contributed by atoms with E-state index < -0.39 is 0 Å². The van der Waals surface area contributed by atoms with Crippen molar-refractivity contribution in [2.75, 3.05) is 18.1 Å². The predicted molar refractivity (Wildman–Crippen MR) is 159 cm³/mol. The van der Waals surface area contributed by atoms with E-state index in [0.717, 1.165) is 75.7 Å². The van der Waals surface area contributed by atoms with Gasteiger partial charge < -0.3 is 15.4 Å². The van der Waals surface area contributed by atoms with Crippen LogP contribution in [0.1, 0.15) is 96.8 Å². The van der Waals surface area contributed by atoms with Crippen molar-refractivity contribution in [1.82, 2.24) is 20.8 Å². The van der Waals surface area contributed by atoms with E-state index in [4.69, 9.17) is 7.98 Å². The minimum atomic E-state index is -0.370. The summed E-state index contributed by atoms with van der Waals surface area (Å²) in [6.45, 7) is 2.69. The van der Waals surface area contributed by atoms with Crippen LogP contribution in [0.4, 0.5) is 0 Å². The molecule has 0 bridgehead atoms. The monoisotopic (exact) mass is 594 g/mol. The zero-order valence-corrected chi connectivity index (χ0v) is 25.2. The fraction of sp³-hybridized carbons (Fsp3) is 0.778. The first-order valence-corrected chi connectivity index (χ1v) is 16.6. The smallest absolute Gasteiger partial charge is 0.242 e. The molecule has 0 aromatic carbocycles. The molecule has 0 spiro atoms. The molecule has 40 heavy (non-hydrogen) atoms. The van der Waals surface area contributed by atoms with Gasteiger partial charge in [-0.15, -0.1) is 23.5 Å². The number of imide groups is 2. The lowest BCUT2D eigenvalue weighted by atomic mass is 10.1. The Labute approximate surface area is 247 Å². The Morgan fingerprint density at radius 2 is 1.55 bits per heavy atom. The van der Waals surface area contributed by atoms with Crippen molar-refractivity contribution in [3.63, 3.8) is 0 Å². The number of carbonyl (C=O) groups excluding carboxylic acids is 6. The Balaban J connectivity index is 1.39. The predicted octanol–water partition coefficient (Wildman–Crippen LogP) is 2.38. The molecule has 0 aromatic rings. The topological polar surface area (TPSA) is 142 Å². The highest BCUT2D eigenvalue weighted by molar-refractivity contribution is 8.00. The van der Waals surface area contributed by atoms with Gasteiger partial charge in [-0.25, -0.2) is 0 Å². The van der Waals surface area contributed by atoms with Crippen molar-refractivity contribution >= 4 is 66.9 Å². The number of nitrogens with zero attached hydrogens (tertiary/aromatic N) is 1. The summed E-state index contributed by atoms with van der Waals surface area (Å²) in [5.41, 5.74) is 0. The van der Waals surface area contributed by atoms with E-state index in [1.54, 1.807) is 0 Å². The molecule has 0 saturated carbocycles. The van der Waals surface area contributed by atoms with E-state index >= 15 is 0 Å². The fourth-order valence-corrected chi connectivity index (χ4v) is 6.81. The Bertz CT molecular complexity index is 893. The van der Waals surface area contributed by atoms with Crippen molar-refractivity contribution in [1.29, 1.82) is 0 Å². The number of thioether (sulfide) groups is 2. The summed E-state index contributed by atoms with van der Waals surface area (Å²) < 4.78 is 0. The van der Waals surface area contributed by atoms with E-state index in [-0.39, 0.29) is 64.8 Å². The molecule has 2 aliphatic heterocycles. The molecule has 3 N–H and O–H groups in total. The first kappa shape index (κ1) is 34.2. The molecule has 2 radical (unpaired) electrons. The van der Waals surface area contributed by atoms with E-state index in [0.29, 0.717) is 24.2 Å². The van der Waals surface area contributed by atoms with Crippen molar-refractivity contribution in [3.05, 3.63) is 0 Å². The van der Waals surface area contributed by atoms with Crippen LogP contribution in [0.25, 0.3) is 0 Å². The third-order valence-corrected chi connectivity index (χ3v) is 9.56. The van der Waals surface area contributed by atoms with Gasteiger partial charge in [0.25, 0.3) is 0 Å². The lowest BCUT2D eigenvalue weighted by Crippen LogP contribution is -2.34. The Morgan fingerprint density at radius 1 is 0.900 bits per heavy atom. The second-order valence-corrected chi connectivity index (χ2v) is 12.9. The third-order valence-electron chi connectivity index (χ3n) is 6.96. The second kappa shape index (κ2) is 19.2. The zero-order chi connectivity index (χ0) is 29.3. The molecule has 6 amide bonds. The van der Waals surface area contributed by atoms with Gasteiger partial charge >= 0.3 is 0 Å². The molecule has 13 heteroatoms. The van der Waals surface area contributed by atoms with Gasteiger partial charge in [0, 0.05) is 38.3 Å². The maximum absolute atomic E-state index is 12.3. The van der Waals surface area contributed by atoms with Crippen LogP contribution in [0.3, 0.4) is 0 Å². The van der Waals surface area contributed by atoms with Crippen LogP contribution < -0.4 is 16.0 Å². The van der Waals surface area contributed by atoms with Crippen molar-refractivity contribution in [2.45, 2.75) is 113 Å². The van der Waals surface area contributed by atoms with Crippen molar-refractivity contribution in [3.8, 4) is 0 Å². The summed E-state index contributed by atoms with van der Waals surface area (Å²) in [6.07, 6.45) is 10.1. The van der Waals surface area contributed by atoms with Crippen LogP contribution in [0.15, 0.2) is 0 Å². The van der Waals surface area contributed by atoms with Crippen molar-refractivity contribution < 1.29 is 28.8 Å². The van der Waals surface area contributed by atoms with E-state index in [1.807, 2.05) is 0 Å². The van der Waals surface area contributed by atoms with Gasteiger partial charge in [0.05, 0.1) is 10.5 Å². The van der Waals surface area contributed by atoms with Gasteiger partial charge in [-0.3, -0.25) is 34.1 Å². The van der Waals surface area contributed by atoms with Crippen LogP contribution in [0.2, 0.25) is 0 Å². The number of hydrogen-bond donors (Lipinski definition) is 3. The van der Waals surface area contributed by atoms with Crippen LogP contribution in [0, 0.1) is 0 Å². The van der Waals surface area contributed by atoms with Gasteiger partial charge in [-0.1, -0.05) is 19.8 Å². The summed E-state index contributed by atoms with van der Waals surface area (Å²) >= 11 is 2.97. The highest BCUT2D eigenvalue weighted by atomic mass is 32.2. The maximum Gasteiger partial charge on any atom is 0.242 e. The largest absolute Gasteiger partial charge is 0.356 e. The summed E-state index contributed by atoms with van der Waals surface area (Å²) in [5.74, 6) is 0.639. The van der Waals surface area contributed by atoms with Gasteiger partial charge in [-0.05, 0) is 62.9 Å². The Hall–Kier alpha value is -2.02. The molecule has 0 aromatic heterocycles. The first-order chi connectivity index (χ1) is 19.2. The number of amides is 6. The van der Waals surface area contributed by atoms with E-state index in [1.165, 1.54) is 23.5 Å². The van der Waals surface area contributed by atoms with Crippen LogP contribution in [-0.2, 0) is 28.8 Å². The minimum Gasteiger partial charge on any atom is -0.356 e. The summed E-state index contributed by atoms with van der Waals surface area (Å²) in [5, 5.41) is 7.76. The minimum absolute atomic E-state index is 0.0433. The molecule has 3 atom stereocenters. The normalized spacial score (nSPS) is 19.7. The molecule has 222 valence electrons. The number of rotatable bonds is 21. The third kappa shape index (κ3) is 13.1. The molecule has 2 heterocycles. The Morgan fingerprint density at radius 3 is 2.12 bits per heavy atom. The zero-order valence-electron chi connectivity index (χ0n) is 23.5. The van der Waals surface area contributed by atoms with Gasteiger partial charge in [0.15, 0.2) is 0 Å². The fourth-order valence-electron chi connectivity index (χ4n) is 4.51. The molecule has 2 aliphatic rings. The van der Waals surface area contributed by atoms with Crippen LogP contribution in [-0.4, -0.2) is 82.8 Å². The second-order valence-electron chi connectivity index (χ2n) is 10.3. The maximum atomic E-state index is 12.3. The lowest BCUT2D eigenvalue weighted by molar-refractivity contribution is -0.132. The highest BCUT2D eigenvalue weighted by Crippen LogP contribution is 2.25.